The van der Waals surface area contributed by atoms with Gasteiger partial charge in [-0.1, -0.05) is 11.6 Å². The molecule has 1 saturated heterocycles. The number of aromatic carboxylic acids is 1. The number of hydrogen-bond acceptors (Lipinski definition) is 4. The fourth-order valence-corrected chi connectivity index (χ4v) is 2.94. The topological polar surface area (TPSA) is 78.9 Å². The Morgan fingerprint density at radius 1 is 1.44 bits per heavy atom. The number of halogens is 2. The summed E-state index contributed by atoms with van der Waals surface area (Å²) in [6, 6.07) is 2.13. The molecular weight excluding hydrogens is 351 g/mol. The molecule has 1 amide bonds. The maximum Gasteiger partial charge on any atom is 0.407 e. The van der Waals surface area contributed by atoms with Gasteiger partial charge in [-0.3, -0.25) is 4.90 Å². The van der Waals surface area contributed by atoms with Crippen LogP contribution in [-0.4, -0.2) is 46.8 Å². The van der Waals surface area contributed by atoms with Gasteiger partial charge in [-0.05, 0) is 39.3 Å². The van der Waals surface area contributed by atoms with Gasteiger partial charge >= 0.3 is 12.1 Å². The summed E-state index contributed by atoms with van der Waals surface area (Å²) >= 11 is 6.03. The van der Waals surface area contributed by atoms with Crippen LogP contribution in [0.15, 0.2) is 12.1 Å². The molecule has 1 fully saturated rings. The van der Waals surface area contributed by atoms with Gasteiger partial charge in [0.05, 0.1) is 5.56 Å². The molecule has 0 aliphatic carbocycles. The fraction of sp³-hybridized carbons (Fsp3) is 0.529. The molecule has 25 heavy (non-hydrogen) atoms. The lowest BCUT2D eigenvalue weighted by molar-refractivity contribution is 0.0505. The first kappa shape index (κ1) is 19.5. The number of carbonyl (C=O) groups is 2. The average molecular weight is 373 g/mol. The summed E-state index contributed by atoms with van der Waals surface area (Å²) < 4.78 is 19.4. The lowest BCUT2D eigenvalue weighted by Crippen LogP contribution is -2.40. The second-order valence-corrected chi connectivity index (χ2v) is 7.50. The Bertz CT molecular complexity index is 652. The highest BCUT2D eigenvalue weighted by Crippen LogP contribution is 2.25. The van der Waals surface area contributed by atoms with Crippen LogP contribution in [0.2, 0.25) is 5.02 Å². The second kappa shape index (κ2) is 7.58. The molecule has 1 aliphatic heterocycles. The first-order valence-electron chi connectivity index (χ1n) is 7.98. The number of nitrogens with zero attached hydrogens (tertiary/aromatic N) is 1. The first-order valence-corrected chi connectivity index (χ1v) is 8.36. The van der Waals surface area contributed by atoms with Crippen LogP contribution in [-0.2, 0) is 11.3 Å². The molecule has 1 atom stereocenters. The summed E-state index contributed by atoms with van der Waals surface area (Å²) in [5.41, 5.74) is -0.494. The smallest absolute Gasteiger partial charge is 0.407 e. The van der Waals surface area contributed by atoms with Gasteiger partial charge in [0.25, 0.3) is 0 Å². The average Bonchev–Trinajstić information content (AvgIpc) is 2.87. The highest BCUT2D eigenvalue weighted by atomic mass is 35.5. The molecule has 0 radical (unpaired) electrons. The van der Waals surface area contributed by atoms with Crippen molar-refractivity contribution in [3.63, 3.8) is 0 Å². The summed E-state index contributed by atoms with van der Waals surface area (Å²) in [4.78, 5) is 24.7. The third-order valence-electron chi connectivity index (χ3n) is 3.76. The van der Waals surface area contributed by atoms with Crippen LogP contribution in [0.4, 0.5) is 9.18 Å². The monoisotopic (exact) mass is 372 g/mol. The van der Waals surface area contributed by atoms with Crippen LogP contribution >= 0.6 is 11.6 Å². The van der Waals surface area contributed by atoms with Crippen molar-refractivity contribution in [2.24, 2.45) is 0 Å². The van der Waals surface area contributed by atoms with Crippen molar-refractivity contribution in [2.45, 2.75) is 45.4 Å². The number of amides is 1. The molecule has 138 valence electrons. The number of likely N-dealkylation sites (tertiary alicyclic amines) is 1. The van der Waals surface area contributed by atoms with Crippen molar-refractivity contribution in [2.75, 3.05) is 13.1 Å². The Morgan fingerprint density at radius 3 is 2.68 bits per heavy atom. The molecule has 0 aromatic heterocycles. The summed E-state index contributed by atoms with van der Waals surface area (Å²) in [5, 5.41) is 11.8. The van der Waals surface area contributed by atoms with E-state index < -0.39 is 23.5 Å². The molecule has 0 unspecified atom stereocenters. The van der Waals surface area contributed by atoms with Crippen LogP contribution in [0, 0.1) is 5.82 Å². The second-order valence-electron chi connectivity index (χ2n) is 7.09. The van der Waals surface area contributed by atoms with Crippen molar-refractivity contribution in [3.8, 4) is 0 Å². The minimum absolute atomic E-state index is 0.0842. The molecule has 1 aromatic carbocycles. The van der Waals surface area contributed by atoms with Gasteiger partial charge in [-0.25, -0.2) is 14.0 Å². The third kappa shape index (κ3) is 5.57. The lowest BCUT2D eigenvalue weighted by atomic mass is 10.1. The van der Waals surface area contributed by atoms with Crippen molar-refractivity contribution < 1.29 is 23.8 Å². The highest BCUT2D eigenvalue weighted by molar-refractivity contribution is 6.31. The van der Waals surface area contributed by atoms with E-state index in [2.05, 4.69) is 5.32 Å². The number of benzene rings is 1. The molecule has 2 rings (SSSR count). The number of carbonyl (C=O) groups excluding carboxylic acids is 1. The van der Waals surface area contributed by atoms with Crippen LogP contribution in [0.3, 0.4) is 0 Å². The lowest BCUT2D eigenvalue weighted by Gasteiger charge is -2.22. The SMILES string of the molecule is CC(C)(C)OC(=O)N[C@@H]1CCN(Cc2c(F)cc(C(=O)O)cc2Cl)C1. The van der Waals surface area contributed by atoms with Crippen molar-refractivity contribution in [1.82, 2.24) is 10.2 Å². The van der Waals surface area contributed by atoms with E-state index in [1.807, 2.05) is 4.90 Å². The van der Waals surface area contributed by atoms with Gasteiger partial charge < -0.3 is 15.2 Å². The largest absolute Gasteiger partial charge is 0.478 e. The predicted molar refractivity (Wildman–Crippen MR) is 91.4 cm³/mol. The molecular formula is C17H22ClFN2O4. The Hall–Kier alpha value is -1.86. The standard InChI is InChI=1S/C17H22ClFN2O4/c1-17(2,3)25-16(24)20-11-4-5-21(8-11)9-12-13(18)6-10(15(22)23)7-14(12)19/h6-7,11H,4-5,8-9H2,1-3H3,(H,20,24)(H,22,23)/t11-/m1/s1. The molecule has 1 aliphatic rings. The molecule has 0 spiro atoms. The van der Waals surface area contributed by atoms with E-state index in [4.69, 9.17) is 21.4 Å². The molecule has 8 heteroatoms. The summed E-state index contributed by atoms with van der Waals surface area (Å²) in [7, 11) is 0. The van der Waals surface area contributed by atoms with E-state index in [-0.39, 0.29) is 28.7 Å². The van der Waals surface area contributed by atoms with Crippen LogP contribution in [0.1, 0.15) is 43.1 Å². The van der Waals surface area contributed by atoms with Gasteiger partial charge in [0.2, 0.25) is 0 Å². The van der Waals surface area contributed by atoms with Gasteiger partial charge in [-0.2, -0.15) is 0 Å². The van der Waals surface area contributed by atoms with Crippen LogP contribution in [0.5, 0.6) is 0 Å². The van der Waals surface area contributed by atoms with Crippen LogP contribution < -0.4 is 5.32 Å². The normalized spacial score (nSPS) is 18.2. The van der Waals surface area contributed by atoms with Crippen molar-refractivity contribution in [3.05, 3.63) is 34.1 Å². The number of rotatable bonds is 4. The fourth-order valence-electron chi connectivity index (χ4n) is 2.67. The molecule has 1 aromatic rings. The van der Waals surface area contributed by atoms with Gasteiger partial charge in [-0.15, -0.1) is 0 Å². The predicted octanol–water partition coefficient (Wildman–Crippen LogP) is 3.28. The number of carboxylic acids is 1. The number of ether oxygens (including phenoxy) is 1. The van der Waals surface area contributed by atoms with Crippen LogP contribution in [0.25, 0.3) is 0 Å². The molecule has 0 saturated carbocycles. The van der Waals surface area contributed by atoms with E-state index in [0.29, 0.717) is 19.5 Å². The number of alkyl carbamates (subject to hydrolysis) is 1. The third-order valence-corrected chi connectivity index (χ3v) is 4.10. The van der Waals surface area contributed by atoms with E-state index >= 15 is 0 Å². The minimum Gasteiger partial charge on any atom is -0.478 e. The maximum absolute atomic E-state index is 14.2. The zero-order valence-electron chi connectivity index (χ0n) is 14.4. The Kier molecular flexibility index (Phi) is 5.90. The van der Waals surface area contributed by atoms with Crippen molar-refractivity contribution in [1.29, 1.82) is 0 Å². The van der Waals surface area contributed by atoms with Gasteiger partial charge in [0.1, 0.15) is 11.4 Å². The Balaban J connectivity index is 1.95. The zero-order valence-corrected chi connectivity index (χ0v) is 15.2. The summed E-state index contributed by atoms with van der Waals surface area (Å²) in [6.45, 7) is 6.82. The number of carboxylic acid groups (broad SMARTS) is 1. The zero-order chi connectivity index (χ0) is 18.8. The number of nitrogens with one attached hydrogen (secondary N) is 1. The minimum atomic E-state index is -1.23. The molecule has 2 N–H and O–H groups in total. The van der Waals surface area contributed by atoms with Gasteiger partial charge in [0.15, 0.2) is 0 Å². The summed E-state index contributed by atoms with van der Waals surface area (Å²) in [5.74, 6) is -1.87. The quantitative estimate of drug-likeness (QED) is 0.848. The maximum atomic E-state index is 14.2. The van der Waals surface area contributed by atoms with E-state index in [0.717, 1.165) is 6.07 Å². The summed E-state index contributed by atoms with van der Waals surface area (Å²) in [6.07, 6.45) is 0.237. The Labute approximate surface area is 150 Å². The molecule has 0 bridgehead atoms. The van der Waals surface area contributed by atoms with E-state index in [1.165, 1.54) is 6.07 Å². The van der Waals surface area contributed by atoms with E-state index in [9.17, 15) is 14.0 Å². The molecule has 1 heterocycles. The van der Waals surface area contributed by atoms with E-state index in [1.54, 1.807) is 20.8 Å². The highest BCUT2D eigenvalue weighted by Gasteiger charge is 2.27. The number of hydrogen-bond donors (Lipinski definition) is 2. The van der Waals surface area contributed by atoms with Crippen molar-refractivity contribution >= 4 is 23.7 Å². The first-order chi connectivity index (χ1) is 11.5. The Morgan fingerprint density at radius 2 is 2.12 bits per heavy atom. The van der Waals surface area contributed by atoms with Gasteiger partial charge in [0, 0.05) is 36.3 Å². The molecule has 6 nitrogen and oxygen atoms in total.